The van der Waals surface area contributed by atoms with Gasteiger partial charge in [0.1, 0.15) is 19.8 Å². The molecule has 0 bridgehead atoms. The van der Waals surface area contributed by atoms with Crippen LogP contribution < -0.4 is 0 Å². The zero-order valence-corrected chi connectivity index (χ0v) is 72.1. The van der Waals surface area contributed by atoms with E-state index in [2.05, 4.69) is 98.9 Å². The third kappa shape index (κ3) is 90.1. The Kier molecular flexibility index (Phi) is 83.9. The summed E-state index contributed by atoms with van der Waals surface area (Å²) in [5.41, 5.74) is 0. The van der Waals surface area contributed by atoms with Gasteiger partial charge in [-0.3, -0.25) is 18.6 Å². The maximum Gasteiger partial charge on any atom is 0.472 e. The second kappa shape index (κ2) is 86.2. The van der Waals surface area contributed by atoms with Gasteiger partial charge in [-0.25, -0.2) is 4.57 Å². The highest BCUT2D eigenvalue weighted by Crippen LogP contribution is 2.43. The fraction of sp³-hybridized carbons (Fsp3) is 0.833. The fourth-order valence-electron chi connectivity index (χ4n) is 13.9. The molecule has 0 saturated heterocycles. The number of quaternary nitrogens is 1. The van der Waals surface area contributed by atoms with Crippen molar-refractivity contribution in [1.82, 2.24) is 0 Å². The number of esters is 2. The number of allylic oxidation sites excluding steroid dienone is 14. The van der Waals surface area contributed by atoms with Gasteiger partial charge in [0, 0.05) is 12.8 Å². The first-order chi connectivity index (χ1) is 52.0. The SMILES string of the molecule is CC/C=C\C/C=C\C/C=C\C/C=C\C/C=C\C/C=C\CCCCCCCCCCCCCCCCCCCCCCCCC(=O)OC(COC(=O)CCCCCCCCCCCCCCCCCCCCCCCCCCCCCCC/C=C\CCCCCCCCCC)COP(=O)(O)OCC[N+](C)(C)C. The molecule has 0 radical (unpaired) electrons. The van der Waals surface area contributed by atoms with Crippen LogP contribution in [0.1, 0.15) is 463 Å². The summed E-state index contributed by atoms with van der Waals surface area (Å²) in [5, 5.41) is 0. The van der Waals surface area contributed by atoms with Crippen LogP contribution in [-0.4, -0.2) is 74.9 Å². The van der Waals surface area contributed by atoms with Crippen LogP contribution in [0.15, 0.2) is 85.1 Å². The molecule has 0 amide bonds. The molecule has 620 valence electrons. The molecule has 1 N–H and O–H groups in total. The Morgan fingerprint density at radius 1 is 0.302 bits per heavy atom. The van der Waals surface area contributed by atoms with E-state index in [-0.39, 0.29) is 25.6 Å². The second-order valence-corrected chi connectivity index (χ2v) is 34.1. The molecule has 0 spiro atoms. The largest absolute Gasteiger partial charge is 0.472 e. The van der Waals surface area contributed by atoms with Crippen LogP contribution in [0.25, 0.3) is 0 Å². The van der Waals surface area contributed by atoms with Gasteiger partial charge in [-0.15, -0.1) is 0 Å². The second-order valence-electron chi connectivity index (χ2n) is 32.7. The maximum atomic E-state index is 13.0. The topological polar surface area (TPSA) is 108 Å². The van der Waals surface area contributed by atoms with Gasteiger partial charge in [0.05, 0.1) is 27.7 Å². The molecule has 0 saturated carbocycles. The van der Waals surface area contributed by atoms with E-state index in [0.717, 1.165) is 70.6 Å². The zero-order chi connectivity index (χ0) is 76.8. The number of unbranched alkanes of at least 4 members (excludes halogenated alkanes) is 59. The smallest absolute Gasteiger partial charge is 0.462 e. The van der Waals surface area contributed by atoms with Crippen molar-refractivity contribution in [2.45, 2.75) is 469 Å². The molecule has 0 aliphatic carbocycles. The minimum absolute atomic E-state index is 0.0337. The number of hydrogen-bond acceptors (Lipinski definition) is 7. The van der Waals surface area contributed by atoms with E-state index in [9.17, 15) is 19.0 Å². The van der Waals surface area contributed by atoms with Gasteiger partial charge in [0.15, 0.2) is 6.10 Å². The number of carbonyl (C=O) groups is 2. The normalized spacial score (nSPS) is 13.3. The summed E-state index contributed by atoms with van der Waals surface area (Å²) in [6.07, 6.45) is 121. The summed E-state index contributed by atoms with van der Waals surface area (Å²) < 4.78 is 34.9. The van der Waals surface area contributed by atoms with Crippen LogP contribution in [0, 0.1) is 0 Å². The van der Waals surface area contributed by atoms with Crippen molar-refractivity contribution in [2.24, 2.45) is 0 Å². The lowest BCUT2D eigenvalue weighted by atomic mass is 10.0. The van der Waals surface area contributed by atoms with Gasteiger partial charge in [-0.05, 0) is 89.9 Å². The van der Waals surface area contributed by atoms with E-state index in [1.807, 2.05) is 21.1 Å². The summed E-state index contributed by atoms with van der Waals surface area (Å²) in [4.78, 5) is 36.1. The number of phosphoric acid groups is 1. The number of phosphoric ester groups is 1. The third-order valence-electron chi connectivity index (χ3n) is 20.9. The first kappa shape index (κ1) is 103. The quantitative estimate of drug-likeness (QED) is 0.0211. The van der Waals surface area contributed by atoms with Gasteiger partial charge in [0.2, 0.25) is 0 Å². The lowest BCUT2D eigenvalue weighted by molar-refractivity contribution is -0.870. The predicted octanol–water partition coefficient (Wildman–Crippen LogP) is 31.5. The maximum absolute atomic E-state index is 13.0. The van der Waals surface area contributed by atoms with Crippen LogP contribution >= 0.6 is 7.82 Å². The van der Waals surface area contributed by atoms with Crippen LogP contribution in [0.5, 0.6) is 0 Å². The first-order valence-electron chi connectivity index (χ1n) is 46.3. The molecule has 0 fully saturated rings. The van der Waals surface area contributed by atoms with Gasteiger partial charge >= 0.3 is 19.8 Å². The number of likely N-dealkylation sites (N-methyl/N-ethyl adjacent to an activating group) is 1. The van der Waals surface area contributed by atoms with Crippen molar-refractivity contribution < 1.29 is 42.1 Å². The van der Waals surface area contributed by atoms with Crippen LogP contribution in [0.3, 0.4) is 0 Å². The van der Waals surface area contributed by atoms with Gasteiger partial charge < -0.3 is 18.9 Å². The number of hydrogen-bond donors (Lipinski definition) is 1. The number of rotatable bonds is 87. The monoisotopic (exact) mass is 1510 g/mol. The summed E-state index contributed by atoms with van der Waals surface area (Å²) in [6, 6.07) is 0. The molecule has 0 aromatic rings. The highest BCUT2D eigenvalue weighted by atomic mass is 31.2. The van der Waals surface area contributed by atoms with Crippen molar-refractivity contribution in [3.8, 4) is 0 Å². The average Bonchev–Trinajstić information content (AvgIpc) is 0.908. The molecule has 0 aliphatic rings. The predicted molar refractivity (Wildman–Crippen MR) is 464 cm³/mol. The van der Waals surface area contributed by atoms with Crippen LogP contribution in [-0.2, 0) is 32.7 Å². The zero-order valence-electron chi connectivity index (χ0n) is 71.2. The highest BCUT2D eigenvalue weighted by Gasteiger charge is 2.27. The molecule has 0 heterocycles. The molecule has 0 aromatic heterocycles. The van der Waals surface area contributed by atoms with Crippen molar-refractivity contribution in [1.29, 1.82) is 0 Å². The highest BCUT2D eigenvalue weighted by molar-refractivity contribution is 7.47. The summed E-state index contributed by atoms with van der Waals surface area (Å²) in [5.74, 6) is -0.772. The standard InChI is InChI=1S/C96H178NO8P/c1-6-8-10-12-14-16-18-20-22-24-26-28-30-32-34-36-38-40-42-44-46-48-50-52-54-56-58-60-62-64-66-68-70-72-74-76-78-80-82-84-86-88-95(98)102-92-94(93-104-106(100,101)103-91-90-97(3,4)5)105-96(99)89-87-85-83-81-79-77-75-73-71-69-67-65-63-61-59-57-55-53-51-49-47-45-43-41-39-37-35-33-31-29-27-25-23-21-19-17-15-13-11-9-7-2/h9,11,15,17,21,23-24,26-27,29,33,35,39,41,94H,6-8,10,12-14,16,18-20,22,25,28,30-32,34,36-38,40,42-93H2,1-5H3/p+1/b11-9-,17-15-,23-21-,26-24-,29-27-,35-33-,41-39-. The van der Waals surface area contributed by atoms with Crippen molar-refractivity contribution in [3.05, 3.63) is 85.1 Å². The fourth-order valence-corrected chi connectivity index (χ4v) is 14.6. The van der Waals surface area contributed by atoms with Crippen LogP contribution in [0.2, 0.25) is 0 Å². The van der Waals surface area contributed by atoms with E-state index in [1.165, 1.54) is 360 Å². The van der Waals surface area contributed by atoms with E-state index in [4.69, 9.17) is 18.5 Å². The van der Waals surface area contributed by atoms with E-state index in [0.29, 0.717) is 23.9 Å². The van der Waals surface area contributed by atoms with Crippen molar-refractivity contribution in [2.75, 3.05) is 47.5 Å². The summed E-state index contributed by atoms with van der Waals surface area (Å²) in [7, 11) is 1.50. The van der Waals surface area contributed by atoms with Crippen molar-refractivity contribution >= 4 is 19.8 Å². The Balaban J connectivity index is 3.84. The third-order valence-corrected chi connectivity index (χ3v) is 21.9. The molecule has 0 aromatic carbocycles. The Morgan fingerprint density at radius 3 is 0.811 bits per heavy atom. The van der Waals surface area contributed by atoms with Crippen molar-refractivity contribution in [3.63, 3.8) is 0 Å². The molecule has 106 heavy (non-hydrogen) atoms. The number of carbonyl (C=O) groups excluding carboxylic acids is 2. The molecule has 2 unspecified atom stereocenters. The minimum Gasteiger partial charge on any atom is -0.462 e. The average molecular weight is 1510 g/mol. The van der Waals surface area contributed by atoms with Crippen LogP contribution in [0.4, 0.5) is 0 Å². The first-order valence-corrected chi connectivity index (χ1v) is 47.8. The van der Waals surface area contributed by atoms with E-state index < -0.39 is 26.5 Å². The molecule has 0 aliphatic heterocycles. The van der Waals surface area contributed by atoms with Gasteiger partial charge in [-0.2, -0.15) is 0 Å². The molecule has 0 rings (SSSR count). The Hall–Kier alpha value is -2.81. The molecule has 2 atom stereocenters. The molecule has 10 heteroatoms. The lowest BCUT2D eigenvalue weighted by Crippen LogP contribution is -2.37. The number of nitrogens with zero attached hydrogens (tertiary/aromatic N) is 1. The minimum atomic E-state index is -4.40. The molecular formula is C96H179NO8P+. The number of ether oxygens (including phenoxy) is 2. The molecular weight excluding hydrogens is 1330 g/mol. The summed E-state index contributed by atoms with van der Waals surface area (Å²) >= 11 is 0. The Morgan fingerprint density at radius 2 is 0.538 bits per heavy atom. The molecule has 9 nitrogen and oxygen atoms in total. The van der Waals surface area contributed by atoms with E-state index >= 15 is 0 Å². The van der Waals surface area contributed by atoms with Gasteiger partial charge in [-0.1, -0.05) is 446 Å². The van der Waals surface area contributed by atoms with Gasteiger partial charge in [0.25, 0.3) is 0 Å². The summed E-state index contributed by atoms with van der Waals surface area (Å²) in [6.45, 7) is 4.39. The lowest BCUT2D eigenvalue weighted by Gasteiger charge is -2.24. The Labute approximate surface area is 660 Å². The van der Waals surface area contributed by atoms with E-state index in [1.54, 1.807) is 0 Å². The Bertz CT molecular complexity index is 2070.